The largest absolute Gasteiger partial charge is 0.437 e. The monoisotopic (exact) mass is 367 g/mol. The average Bonchev–Trinajstić information content (AvgIpc) is 3.05. The van der Waals surface area contributed by atoms with Crippen molar-refractivity contribution in [2.75, 3.05) is 19.6 Å². The number of hydrogen-bond donors (Lipinski definition) is 0. The number of carbonyl (C=O) groups is 1. The van der Waals surface area contributed by atoms with Gasteiger partial charge in [0, 0.05) is 39.1 Å². The minimum Gasteiger partial charge on any atom is -0.437 e. The van der Waals surface area contributed by atoms with Gasteiger partial charge in [-0.1, -0.05) is 43.7 Å². The Morgan fingerprint density at radius 3 is 2.59 bits per heavy atom. The van der Waals surface area contributed by atoms with E-state index >= 15 is 0 Å². The zero-order valence-electron chi connectivity index (χ0n) is 16.6. The van der Waals surface area contributed by atoms with Gasteiger partial charge < -0.3 is 9.32 Å². The lowest BCUT2D eigenvalue weighted by molar-refractivity contribution is 0.0581. The lowest BCUT2D eigenvalue weighted by Crippen LogP contribution is -2.42. The zero-order valence-corrected chi connectivity index (χ0v) is 16.6. The van der Waals surface area contributed by atoms with E-state index in [1.165, 1.54) is 17.5 Å². The number of aryl methyl sites for hydroxylation is 1. The van der Waals surface area contributed by atoms with Crippen molar-refractivity contribution < 1.29 is 9.21 Å². The summed E-state index contributed by atoms with van der Waals surface area (Å²) in [4.78, 5) is 21.7. The zero-order chi connectivity index (χ0) is 19.0. The van der Waals surface area contributed by atoms with Gasteiger partial charge in [-0.25, -0.2) is 4.98 Å². The molecule has 2 aromatic rings. The van der Waals surface area contributed by atoms with Crippen molar-refractivity contribution in [1.82, 2.24) is 14.8 Å². The van der Waals surface area contributed by atoms with Crippen LogP contribution in [0, 0.1) is 18.8 Å². The van der Waals surface area contributed by atoms with Crippen LogP contribution >= 0.6 is 0 Å². The van der Waals surface area contributed by atoms with E-state index in [0.29, 0.717) is 11.8 Å². The van der Waals surface area contributed by atoms with Crippen LogP contribution in [0.15, 0.2) is 28.7 Å². The number of aromatic nitrogens is 1. The Morgan fingerprint density at radius 1 is 1.19 bits per heavy atom. The van der Waals surface area contributed by atoms with Gasteiger partial charge in [0.1, 0.15) is 5.76 Å². The molecule has 144 valence electrons. The van der Waals surface area contributed by atoms with Crippen molar-refractivity contribution in [3.63, 3.8) is 0 Å². The van der Waals surface area contributed by atoms with Crippen molar-refractivity contribution in [2.24, 2.45) is 11.8 Å². The van der Waals surface area contributed by atoms with Crippen LogP contribution in [0.1, 0.15) is 53.5 Å². The fraction of sp³-hybridized carbons (Fsp3) is 0.545. The van der Waals surface area contributed by atoms with E-state index in [9.17, 15) is 4.79 Å². The molecule has 2 atom stereocenters. The van der Waals surface area contributed by atoms with E-state index in [-0.39, 0.29) is 11.8 Å². The molecule has 0 radical (unpaired) electrons. The number of benzene rings is 1. The Hall–Kier alpha value is -2.14. The van der Waals surface area contributed by atoms with Gasteiger partial charge in [0.15, 0.2) is 0 Å². The number of hydrogen-bond acceptors (Lipinski definition) is 4. The molecule has 5 heteroatoms. The Labute approximate surface area is 161 Å². The molecule has 1 amide bonds. The maximum absolute atomic E-state index is 12.9. The Kier molecular flexibility index (Phi) is 5.04. The molecule has 2 aliphatic rings. The molecule has 5 nitrogen and oxygen atoms in total. The van der Waals surface area contributed by atoms with Crippen LogP contribution in [-0.2, 0) is 19.5 Å². The number of rotatable bonds is 3. The summed E-state index contributed by atoms with van der Waals surface area (Å²) in [5, 5.41) is 0. The van der Waals surface area contributed by atoms with Gasteiger partial charge in [-0.2, -0.15) is 0 Å². The highest BCUT2D eigenvalue weighted by molar-refractivity contribution is 5.89. The molecule has 2 aliphatic heterocycles. The summed E-state index contributed by atoms with van der Waals surface area (Å²) in [6.45, 7) is 10.7. The smallest absolute Gasteiger partial charge is 0.309 e. The second-order valence-electron chi connectivity index (χ2n) is 8.49. The van der Waals surface area contributed by atoms with E-state index in [1.807, 2.05) is 4.90 Å². The first-order chi connectivity index (χ1) is 13.0. The highest BCUT2D eigenvalue weighted by Crippen LogP contribution is 2.25. The fourth-order valence-corrected chi connectivity index (χ4v) is 4.39. The van der Waals surface area contributed by atoms with Crippen LogP contribution < -0.4 is 0 Å². The van der Waals surface area contributed by atoms with Crippen molar-refractivity contribution in [3.05, 3.63) is 52.7 Å². The molecule has 0 unspecified atom stereocenters. The highest BCUT2D eigenvalue weighted by Gasteiger charge is 2.31. The van der Waals surface area contributed by atoms with Gasteiger partial charge in [0.25, 0.3) is 5.89 Å². The topological polar surface area (TPSA) is 49.6 Å². The third kappa shape index (κ3) is 4.08. The van der Waals surface area contributed by atoms with Gasteiger partial charge >= 0.3 is 5.91 Å². The predicted molar refractivity (Wildman–Crippen MR) is 104 cm³/mol. The molecule has 0 spiro atoms. The highest BCUT2D eigenvalue weighted by atomic mass is 16.4. The van der Waals surface area contributed by atoms with Crippen molar-refractivity contribution in [1.29, 1.82) is 0 Å². The van der Waals surface area contributed by atoms with E-state index < -0.39 is 0 Å². The number of nitrogens with zero attached hydrogens (tertiary/aromatic N) is 3. The molecule has 4 rings (SSSR count). The second-order valence-corrected chi connectivity index (χ2v) is 8.49. The van der Waals surface area contributed by atoms with Crippen LogP contribution in [-0.4, -0.2) is 40.3 Å². The molecular weight excluding hydrogens is 338 g/mol. The van der Waals surface area contributed by atoms with Gasteiger partial charge in [0.05, 0.1) is 5.69 Å². The van der Waals surface area contributed by atoms with Crippen molar-refractivity contribution >= 4 is 5.91 Å². The molecule has 1 fully saturated rings. The maximum atomic E-state index is 12.9. The third-order valence-corrected chi connectivity index (χ3v) is 5.67. The van der Waals surface area contributed by atoms with Gasteiger partial charge in [-0.05, 0) is 30.7 Å². The summed E-state index contributed by atoms with van der Waals surface area (Å²) < 4.78 is 5.88. The molecule has 1 saturated heterocycles. The minimum atomic E-state index is -0.0483. The Balaban J connectivity index is 1.44. The number of carbonyl (C=O) groups excluding carboxylic acids is 1. The SMILES string of the molecule is Cc1ccc(CN2CCc3oc(C(=O)N4C[C@H](C)C[C@@H](C)C4)nc3C2)cc1. The number of amides is 1. The summed E-state index contributed by atoms with van der Waals surface area (Å²) in [7, 11) is 0. The van der Waals surface area contributed by atoms with Crippen LogP contribution in [0.4, 0.5) is 0 Å². The molecule has 3 heterocycles. The molecule has 27 heavy (non-hydrogen) atoms. The quantitative estimate of drug-likeness (QED) is 0.831. The molecule has 0 aliphatic carbocycles. The van der Waals surface area contributed by atoms with Gasteiger partial charge in [-0.3, -0.25) is 9.69 Å². The van der Waals surface area contributed by atoms with Crippen molar-refractivity contribution in [2.45, 2.75) is 46.7 Å². The second kappa shape index (κ2) is 7.47. The van der Waals surface area contributed by atoms with E-state index in [0.717, 1.165) is 50.6 Å². The summed E-state index contributed by atoms with van der Waals surface area (Å²) >= 11 is 0. The molecule has 0 saturated carbocycles. The Morgan fingerprint density at radius 2 is 1.89 bits per heavy atom. The third-order valence-electron chi connectivity index (χ3n) is 5.67. The first kappa shape index (κ1) is 18.2. The number of piperidine rings is 1. The summed E-state index contributed by atoms with van der Waals surface area (Å²) in [6.07, 6.45) is 1.99. The lowest BCUT2D eigenvalue weighted by Gasteiger charge is -2.34. The molecule has 1 aromatic carbocycles. The summed E-state index contributed by atoms with van der Waals surface area (Å²) in [6, 6.07) is 8.67. The van der Waals surface area contributed by atoms with Crippen LogP contribution in [0.25, 0.3) is 0 Å². The van der Waals surface area contributed by atoms with E-state index in [2.05, 4.69) is 54.9 Å². The standard InChI is InChI=1S/C22H29N3O2/c1-15-4-6-18(7-5-15)13-24-9-8-20-19(14-24)23-21(27-20)22(26)25-11-16(2)10-17(3)12-25/h4-7,16-17H,8-14H2,1-3H3/t16-,17-/m1/s1. The summed E-state index contributed by atoms with van der Waals surface area (Å²) in [5.41, 5.74) is 3.51. The molecule has 0 bridgehead atoms. The van der Waals surface area contributed by atoms with E-state index in [1.54, 1.807) is 0 Å². The van der Waals surface area contributed by atoms with Crippen molar-refractivity contribution in [3.8, 4) is 0 Å². The van der Waals surface area contributed by atoms with E-state index in [4.69, 9.17) is 4.42 Å². The summed E-state index contributed by atoms with van der Waals surface area (Å²) in [5.74, 6) is 2.18. The fourth-order valence-electron chi connectivity index (χ4n) is 4.39. The maximum Gasteiger partial charge on any atom is 0.309 e. The molecule has 1 aromatic heterocycles. The van der Waals surface area contributed by atoms with Crippen LogP contribution in [0.3, 0.4) is 0 Å². The van der Waals surface area contributed by atoms with Gasteiger partial charge in [-0.15, -0.1) is 0 Å². The Bertz CT molecular complexity index is 801. The molecular formula is C22H29N3O2. The average molecular weight is 367 g/mol. The number of likely N-dealkylation sites (tertiary alicyclic amines) is 1. The first-order valence-corrected chi connectivity index (χ1v) is 10.0. The van der Waals surface area contributed by atoms with Crippen LogP contribution in [0.2, 0.25) is 0 Å². The number of fused-ring (bicyclic) bond motifs is 1. The first-order valence-electron chi connectivity index (χ1n) is 10.0. The van der Waals surface area contributed by atoms with Gasteiger partial charge in [0.2, 0.25) is 0 Å². The normalized spacial score (nSPS) is 23.3. The minimum absolute atomic E-state index is 0.0483. The van der Waals surface area contributed by atoms with Crippen LogP contribution in [0.5, 0.6) is 0 Å². The number of oxazole rings is 1. The predicted octanol–water partition coefficient (Wildman–Crippen LogP) is 3.66. The lowest BCUT2D eigenvalue weighted by atomic mass is 9.92. The molecule has 0 N–H and O–H groups in total.